The summed E-state index contributed by atoms with van der Waals surface area (Å²) in [4.78, 5) is 51.1. The molecule has 156 valence electrons. The van der Waals surface area contributed by atoms with Gasteiger partial charge in [0.1, 0.15) is 6.04 Å². The number of nitrogens with two attached hydrogens (primary N) is 1. The molecule has 7 heteroatoms. The number of imide groups is 1. The van der Waals surface area contributed by atoms with E-state index in [1.54, 1.807) is 54.6 Å². The maximum atomic E-state index is 12.9. The van der Waals surface area contributed by atoms with Gasteiger partial charge in [0.05, 0.1) is 0 Å². The van der Waals surface area contributed by atoms with Gasteiger partial charge in [0.15, 0.2) is 0 Å². The van der Waals surface area contributed by atoms with E-state index in [-0.39, 0.29) is 37.1 Å². The number of carbonyl (C=O) groups excluding carboxylic acids is 4. The number of primary amides is 1. The van der Waals surface area contributed by atoms with Crippen LogP contribution in [0.2, 0.25) is 0 Å². The fourth-order valence-corrected chi connectivity index (χ4v) is 3.88. The number of rotatable bonds is 7. The number of nitrogens with one attached hydrogen (secondary N) is 1. The lowest BCUT2D eigenvalue weighted by molar-refractivity contribution is -0.127. The molecule has 1 atom stereocenters. The number of hydrogen-bond acceptors (Lipinski definition) is 4. The molecule has 3 aromatic carbocycles. The van der Waals surface area contributed by atoms with E-state index in [9.17, 15) is 19.2 Å². The van der Waals surface area contributed by atoms with Crippen LogP contribution in [-0.4, -0.2) is 35.1 Å². The van der Waals surface area contributed by atoms with Crippen molar-refractivity contribution in [1.29, 1.82) is 0 Å². The van der Waals surface area contributed by atoms with Crippen LogP contribution >= 0.6 is 0 Å². The SMILES string of the molecule is NC(=O)C(NC(=O)CCCN1C(=O)c2cccc3cccc(c23)C1=O)c1ccccc1. The van der Waals surface area contributed by atoms with E-state index >= 15 is 0 Å². The third-order valence-electron chi connectivity index (χ3n) is 5.36. The van der Waals surface area contributed by atoms with E-state index in [2.05, 4.69) is 5.32 Å². The molecule has 0 saturated heterocycles. The highest BCUT2D eigenvalue weighted by atomic mass is 16.2. The fraction of sp³-hybridized carbons (Fsp3) is 0.167. The van der Waals surface area contributed by atoms with Crippen LogP contribution in [0.1, 0.15) is 45.2 Å². The molecule has 3 N–H and O–H groups in total. The van der Waals surface area contributed by atoms with Crippen molar-refractivity contribution < 1.29 is 19.2 Å². The molecule has 0 saturated carbocycles. The zero-order valence-electron chi connectivity index (χ0n) is 16.7. The summed E-state index contributed by atoms with van der Waals surface area (Å²) in [6.45, 7) is 0.0996. The van der Waals surface area contributed by atoms with Crippen molar-refractivity contribution in [1.82, 2.24) is 10.2 Å². The maximum absolute atomic E-state index is 12.9. The van der Waals surface area contributed by atoms with E-state index in [4.69, 9.17) is 5.73 Å². The van der Waals surface area contributed by atoms with Crippen LogP contribution in [-0.2, 0) is 9.59 Å². The Balaban J connectivity index is 1.42. The van der Waals surface area contributed by atoms with Gasteiger partial charge in [-0.25, -0.2) is 0 Å². The van der Waals surface area contributed by atoms with E-state index in [1.165, 1.54) is 4.90 Å². The number of benzene rings is 3. The molecule has 3 aromatic rings. The highest BCUT2D eigenvalue weighted by molar-refractivity contribution is 6.25. The summed E-state index contributed by atoms with van der Waals surface area (Å²) in [5.74, 6) is -1.78. The van der Waals surface area contributed by atoms with Crippen LogP contribution < -0.4 is 11.1 Å². The number of nitrogens with zero attached hydrogens (tertiary/aromatic N) is 1. The summed E-state index contributed by atoms with van der Waals surface area (Å²) in [6, 6.07) is 18.5. The Hall–Kier alpha value is -4.00. The van der Waals surface area contributed by atoms with Crippen LogP contribution in [0.3, 0.4) is 0 Å². The normalized spacial score (nSPS) is 13.9. The summed E-state index contributed by atoms with van der Waals surface area (Å²) >= 11 is 0. The molecule has 1 aliphatic rings. The summed E-state index contributed by atoms with van der Waals surface area (Å²) in [5.41, 5.74) is 6.98. The molecule has 0 bridgehead atoms. The first-order valence-electron chi connectivity index (χ1n) is 9.99. The van der Waals surface area contributed by atoms with E-state index < -0.39 is 11.9 Å². The van der Waals surface area contributed by atoms with Gasteiger partial charge in [-0.3, -0.25) is 24.1 Å². The maximum Gasteiger partial charge on any atom is 0.261 e. The number of carbonyl (C=O) groups is 4. The second kappa shape index (κ2) is 8.39. The number of amides is 4. The minimum atomic E-state index is -0.934. The highest BCUT2D eigenvalue weighted by Crippen LogP contribution is 2.30. The Bertz CT molecular complexity index is 1140. The Morgan fingerprint density at radius 1 is 0.871 bits per heavy atom. The summed E-state index contributed by atoms with van der Waals surface area (Å²) in [7, 11) is 0. The molecule has 1 aliphatic heterocycles. The quantitative estimate of drug-likeness (QED) is 0.578. The lowest BCUT2D eigenvalue weighted by atomic mass is 9.94. The first-order valence-corrected chi connectivity index (χ1v) is 9.99. The van der Waals surface area contributed by atoms with E-state index in [1.807, 2.05) is 12.1 Å². The molecule has 7 nitrogen and oxygen atoms in total. The average Bonchev–Trinajstić information content (AvgIpc) is 2.78. The molecule has 0 aromatic heterocycles. The second-order valence-corrected chi connectivity index (χ2v) is 7.39. The van der Waals surface area contributed by atoms with E-state index in [0.717, 1.165) is 5.39 Å². The van der Waals surface area contributed by atoms with Crippen molar-refractivity contribution in [2.24, 2.45) is 5.73 Å². The van der Waals surface area contributed by atoms with Crippen LogP contribution in [0.5, 0.6) is 0 Å². The van der Waals surface area contributed by atoms with Crippen molar-refractivity contribution in [3.8, 4) is 0 Å². The standard InChI is InChI=1S/C24H21N3O4/c25-22(29)21(16-7-2-1-3-8-16)26-19(28)13-6-14-27-23(30)17-11-4-9-15-10-5-12-18(20(15)17)24(27)31/h1-5,7-12,21H,6,13-14H2,(H2,25,29)(H,26,28). The fourth-order valence-electron chi connectivity index (χ4n) is 3.88. The minimum Gasteiger partial charge on any atom is -0.368 e. The van der Waals surface area contributed by atoms with Gasteiger partial charge in [-0.2, -0.15) is 0 Å². The van der Waals surface area contributed by atoms with Gasteiger partial charge in [0.25, 0.3) is 11.8 Å². The van der Waals surface area contributed by atoms with E-state index in [0.29, 0.717) is 22.1 Å². The summed E-state index contributed by atoms with van der Waals surface area (Å²) in [6.07, 6.45) is 0.307. The van der Waals surface area contributed by atoms with Crippen LogP contribution in [0, 0.1) is 0 Å². The molecular weight excluding hydrogens is 394 g/mol. The van der Waals surface area contributed by atoms with Crippen LogP contribution in [0.25, 0.3) is 10.8 Å². The Morgan fingerprint density at radius 3 is 2.06 bits per heavy atom. The van der Waals surface area contributed by atoms with Crippen molar-refractivity contribution in [3.05, 3.63) is 83.4 Å². The zero-order valence-corrected chi connectivity index (χ0v) is 16.7. The van der Waals surface area contributed by atoms with Crippen molar-refractivity contribution in [2.45, 2.75) is 18.9 Å². The highest BCUT2D eigenvalue weighted by Gasteiger charge is 2.32. The van der Waals surface area contributed by atoms with Crippen molar-refractivity contribution >= 4 is 34.4 Å². The lowest BCUT2D eigenvalue weighted by Gasteiger charge is -2.27. The Labute approximate surface area is 178 Å². The largest absolute Gasteiger partial charge is 0.368 e. The molecular formula is C24H21N3O4. The third-order valence-corrected chi connectivity index (χ3v) is 5.36. The average molecular weight is 415 g/mol. The predicted octanol–water partition coefficient (Wildman–Crippen LogP) is 2.56. The Kier molecular flexibility index (Phi) is 5.49. The van der Waals surface area contributed by atoms with Crippen LogP contribution in [0.15, 0.2) is 66.7 Å². The van der Waals surface area contributed by atoms with Gasteiger partial charge in [-0.15, -0.1) is 0 Å². The monoisotopic (exact) mass is 415 g/mol. The molecule has 0 aliphatic carbocycles. The molecule has 31 heavy (non-hydrogen) atoms. The molecule has 0 radical (unpaired) electrons. The van der Waals surface area contributed by atoms with Gasteiger partial charge < -0.3 is 11.1 Å². The summed E-state index contributed by atoms with van der Waals surface area (Å²) < 4.78 is 0. The van der Waals surface area contributed by atoms with Gasteiger partial charge >= 0.3 is 0 Å². The third kappa shape index (κ3) is 3.90. The molecule has 4 rings (SSSR count). The molecule has 4 amide bonds. The molecule has 1 heterocycles. The van der Waals surface area contributed by atoms with Gasteiger partial charge in [-0.05, 0) is 29.5 Å². The zero-order chi connectivity index (χ0) is 22.0. The number of hydrogen-bond donors (Lipinski definition) is 2. The second-order valence-electron chi connectivity index (χ2n) is 7.39. The van der Waals surface area contributed by atoms with Gasteiger partial charge in [0, 0.05) is 29.5 Å². The molecule has 0 spiro atoms. The predicted molar refractivity (Wildman–Crippen MR) is 115 cm³/mol. The van der Waals surface area contributed by atoms with Crippen molar-refractivity contribution in [2.75, 3.05) is 6.54 Å². The Morgan fingerprint density at radius 2 is 1.48 bits per heavy atom. The molecule has 0 fully saturated rings. The van der Waals surface area contributed by atoms with Crippen LogP contribution in [0.4, 0.5) is 0 Å². The summed E-state index contributed by atoms with van der Waals surface area (Å²) in [5, 5.41) is 4.13. The van der Waals surface area contributed by atoms with Crippen molar-refractivity contribution in [3.63, 3.8) is 0 Å². The topological polar surface area (TPSA) is 110 Å². The lowest BCUT2D eigenvalue weighted by Crippen LogP contribution is -2.41. The van der Waals surface area contributed by atoms with Gasteiger partial charge in [-0.1, -0.05) is 54.6 Å². The first-order chi connectivity index (χ1) is 15.0. The smallest absolute Gasteiger partial charge is 0.261 e. The first kappa shape index (κ1) is 20.3. The molecule has 1 unspecified atom stereocenters. The minimum absolute atomic E-state index is 0.0412. The van der Waals surface area contributed by atoms with Gasteiger partial charge in [0.2, 0.25) is 11.8 Å².